The molecule has 0 radical (unpaired) electrons. The minimum Gasteiger partial charge on any atom is -0.466 e. The maximum Gasteiger partial charge on any atom is 0.309 e. The number of ether oxygens (including phenoxy) is 1. The Morgan fingerprint density at radius 1 is 1.69 bits per heavy atom. The monoisotopic (exact) mass is 241 g/mol. The van der Waals surface area contributed by atoms with Gasteiger partial charge in [-0.1, -0.05) is 11.6 Å². The van der Waals surface area contributed by atoms with Gasteiger partial charge in [-0.3, -0.25) is 4.79 Å². The number of carbonyl (C=O) groups is 1. The van der Waals surface area contributed by atoms with Crippen molar-refractivity contribution in [2.45, 2.75) is 19.3 Å². The third-order valence-corrected chi connectivity index (χ3v) is 2.92. The number of hydrogen-bond acceptors (Lipinski definition) is 5. The third-order valence-electron chi connectivity index (χ3n) is 2.62. The van der Waals surface area contributed by atoms with Crippen LogP contribution in [0, 0.1) is 5.92 Å². The number of nitrogens with zero attached hydrogens (tertiary/aromatic N) is 2. The van der Waals surface area contributed by atoms with Crippen LogP contribution in [0.2, 0.25) is 5.15 Å². The Kier molecular flexibility index (Phi) is 2.96. The number of halogens is 1. The van der Waals surface area contributed by atoms with E-state index in [9.17, 15) is 4.79 Å². The molecule has 1 aliphatic carbocycles. The lowest BCUT2D eigenvalue weighted by Crippen LogP contribution is -2.08. The van der Waals surface area contributed by atoms with Crippen LogP contribution in [0.15, 0.2) is 6.33 Å². The summed E-state index contributed by atoms with van der Waals surface area (Å²) in [5.74, 6) is 0.00196. The highest BCUT2D eigenvalue weighted by atomic mass is 35.5. The minimum absolute atomic E-state index is 0.00718. The average Bonchev–Trinajstić information content (AvgIpc) is 2.98. The molecule has 1 saturated carbocycles. The maximum absolute atomic E-state index is 11.5. The van der Waals surface area contributed by atoms with E-state index in [0.29, 0.717) is 29.6 Å². The van der Waals surface area contributed by atoms with E-state index in [0.717, 1.165) is 0 Å². The summed E-state index contributed by atoms with van der Waals surface area (Å²) in [7, 11) is 0. The molecule has 1 fully saturated rings. The lowest BCUT2D eigenvalue weighted by atomic mass is 10.1. The van der Waals surface area contributed by atoms with Gasteiger partial charge >= 0.3 is 5.97 Å². The highest BCUT2D eigenvalue weighted by Crippen LogP contribution is 2.51. The van der Waals surface area contributed by atoms with Gasteiger partial charge in [0.15, 0.2) is 0 Å². The van der Waals surface area contributed by atoms with Gasteiger partial charge in [0, 0.05) is 11.5 Å². The van der Waals surface area contributed by atoms with Gasteiger partial charge in [-0.05, 0) is 13.3 Å². The summed E-state index contributed by atoms with van der Waals surface area (Å²) >= 11 is 5.93. The van der Waals surface area contributed by atoms with E-state index in [1.165, 1.54) is 6.33 Å². The molecule has 16 heavy (non-hydrogen) atoms. The van der Waals surface area contributed by atoms with Gasteiger partial charge in [-0.2, -0.15) is 0 Å². The molecule has 2 unspecified atom stereocenters. The molecule has 0 spiro atoms. The van der Waals surface area contributed by atoms with Crippen molar-refractivity contribution >= 4 is 23.4 Å². The van der Waals surface area contributed by atoms with E-state index < -0.39 is 0 Å². The van der Waals surface area contributed by atoms with E-state index in [1.807, 2.05) is 0 Å². The molecule has 1 heterocycles. The standard InChI is InChI=1S/C10H12ClN3O2/c1-2-16-10(15)6-3-5(6)7-8(11)13-4-14-9(7)12/h4-6H,2-3H2,1H3,(H2,12,13,14). The van der Waals surface area contributed by atoms with Gasteiger partial charge in [0.05, 0.1) is 12.5 Å². The summed E-state index contributed by atoms with van der Waals surface area (Å²) in [6.45, 7) is 2.17. The predicted octanol–water partition coefficient (Wildman–Crippen LogP) is 1.38. The van der Waals surface area contributed by atoms with Crippen LogP contribution in [0.25, 0.3) is 0 Å². The van der Waals surface area contributed by atoms with Gasteiger partial charge in [0.2, 0.25) is 0 Å². The van der Waals surface area contributed by atoms with Gasteiger partial charge in [0.1, 0.15) is 17.3 Å². The van der Waals surface area contributed by atoms with Crippen molar-refractivity contribution in [1.29, 1.82) is 0 Å². The average molecular weight is 242 g/mol. The van der Waals surface area contributed by atoms with Gasteiger partial charge in [0.25, 0.3) is 0 Å². The Balaban J connectivity index is 2.14. The van der Waals surface area contributed by atoms with Crippen molar-refractivity contribution in [2.24, 2.45) is 5.92 Å². The van der Waals surface area contributed by atoms with Gasteiger partial charge in [-0.25, -0.2) is 9.97 Å². The molecular formula is C10H12ClN3O2. The molecule has 1 aromatic rings. The van der Waals surface area contributed by atoms with Crippen molar-refractivity contribution in [3.8, 4) is 0 Å². The van der Waals surface area contributed by atoms with E-state index in [-0.39, 0.29) is 17.8 Å². The third kappa shape index (κ3) is 1.95. The number of esters is 1. The first-order valence-electron chi connectivity index (χ1n) is 5.07. The van der Waals surface area contributed by atoms with Crippen molar-refractivity contribution in [3.63, 3.8) is 0 Å². The molecule has 2 atom stereocenters. The molecule has 86 valence electrons. The summed E-state index contributed by atoms with van der Waals surface area (Å²) in [5, 5.41) is 0.323. The fourth-order valence-corrected chi connectivity index (χ4v) is 2.03. The van der Waals surface area contributed by atoms with E-state index >= 15 is 0 Å². The number of nitrogens with two attached hydrogens (primary N) is 1. The molecule has 1 aliphatic rings. The molecule has 0 aliphatic heterocycles. The molecule has 1 aromatic heterocycles. The molecule has 5 nitrogen and oxygen atoms in total. The Bertz CT molecular complexity index is 404. The highest BCUT2D eigenvalue weighted by Gasteiger charge is 2.47. The SMILES string of the molecule is CCOC(=O)C1CC1c1c(N)ncnc1Cl. The Hall–Kier alpha value is -1.36. The topological polar surface area (TPSA) is 78.1 Å². The number of aromatic nitrogens is 2. The van der Waals surface area contributed by atoms with Crippen molar-refractivity contribution in [3.05, 3.63) is 17.0 Å². The van der Waals surface area contributed by atoms with Crippen molar-refractivity contribution in [1.82, 2.24) is 9.97 Å². The van der Waals surface area contributed by atoms with E-state index in [1.54, 1.807) is 6.92 Å². The van der Waals surface area contributed by atoms with Crippen LogP contribution < -0.4 is 5.73 Å². The second-order valence-electron chi connectivity index (χ2n) is 3.66. The van der Waals surface area contributed by atoms with Gasteiger partial charge < -0.3 is 10.5 Å². The molecule has 0 saturated heterocycles. The molecule has 2 N–H and O–H groups in total. The lowest BCUT2D eigenvalue weighted by molar-refractivity contribution is -0.144. The van der Waals surface area contributed by atoms with Crippen LogP contribution in [0.4, 0.5) is 5.82 Å². The summed E-state index contributed by atoms with van der Waals surface area (Å²) in [6, 6.07) is 0. The fraction of sp³-hybridized carbons (Fsp3) is 0.500. The quantitative estimate of drug-likeness (QED) is 0.639. The lowest BCUT2D eigenvalue weighted by Gasteiger charge is -2.05. The molecule has 0 bridgehead atoms. The number of rotatable bonds is 3. The Labute approximate surface area is 98.0 Å². The fourth-order valence-electron chi connectivity index (χ4n) is 1.75. The van der Waals surface area contributed by atoms with Crippen LogP contribution in [0.3, 0.4) is 0 Å². The summed E-state index contributed by atoms with van der Waals surface area (Å²) in [5.41, 5.74) is 6.38. The number of anilines is 1. The van der Waals surface area contributed by atoms with Gasteiger partial charge in [-0.15, -0.1) is 0 Å². The van der Waals surface area contributed by atoms with E-state index in [2.05, 4.69) is 9.97 Å². The molecule has 0 aromatic carbocycles. The zero-order valence-corrected chi connectivity index (χ0v) is 9.57. The van der Waals surface area contributed by atoms with E-state index in [4.69, 9.17) is 22.1 Å². The predicted molar refractivity (Wildman–Crippen MR) is 58.9 cm³/mol. The van der Waals surface area contributed by atoms with Crippen LogP contribution in [0.1, 0.15) is 24.8 Å². The second kappa shape index (κ2) is 4.25. The van der Waals surface area contributed by atoms with Crippen molar-refractivity contribution < 1.29 is 9.53 Å². The first kappa shape index (κ1) is 11.1. The largest absolute Gasteiger partial charge is 0.466 e. The molecule has 2 rings (SSSR count). The summed E-state index contributed by atoms with van der Waals surface area (Å²) in [4.78, 5) is 19.2. The number of hydrogen-bond donors (Lipinski definition) is 1. The zero-order chi connectivity index (χ0) is 11.7. The normalized spacial score (nSPS) is 22.9. The van der Waals surface area contributed by atoms with Crippen molar-refractivity contribution in [2.75, 3.05) is 12.3 Å². The minimum atomic E-state index is -0.202. The Morgan fingerprint density at radius 3 is 3.06 bits per heavy atom. The van der Waals surface area contributed by atoms with Crippen LogP contribution in [-0.2, 0) is 9.53 Å². The number of nitrogen functional groups attached to an aromatic ring is 1. The first-order valence-corrected chi connectivity index (χ1v) is 5.45. The summed E-state index contributed by atoms with van der Waals surface area (Å²) in [6.07, 6.45) is 2.01. The molecule has 6 heteroatoms. The highest BCUT2D eigenvalue weighted by molar-refractivity contribution is 6.30. The molecular weight excluding hydrogens is 230 g/mol. The van der Waals surface area contributed by atoms with Crippen LogP contribution in [0.5, 0.6) is 0 Å². The van der Waals surface area contributed by atoms with Crippen LogP contribution >= 0.6 is 11.6 Å². The zero-order valence-electron chi connectivity index (χ0n) is 8.81. The Morgan fingerprint density at radius 2 is 2.44 bits per heavy atom. The second-order valence-corrected chi connectivity index (χ2v) is 4.02. The first-order chi connectivity index (χ1) is 7.65. The maximum atomic E-state index is 11.5. The molecule has 0 amide bonds. The summed E-state index contributed by atoms with van der Waals surface area (Å²) < 4.78 is 4.93. The van der Waals surface area contributed by atoms with Crippen LogP contribution in [-0.4, -0.2) is 22.5 Å². The number of carbonyl (C=O) groups excluding carboxylic acids is 1. The smallest absolute Gasteiger partial charge is 0.309 e.